The standard InChI is InChI=1S/C13H11ClN4O/c14-5-13(19)17-12-7-16-18(9-12)8-11-3-1-10(6-15)2-4-11/h1-4,7,9H,5,8H2,(H,17,19). The van der Waals surface area contributed by atoms with Gasteiger partial charge in [0.1, 0.15) is 5.88 Å². The molecule has 96 valence electrons. The molecular formula is C13H11ClN4O. The Labute approximate surface area is 115 Å². The monoisotopic (exact) mass is 274 g/mol. The van der Waals surface area contributed by atoms with E-state index in [2.05, 4.69) is 16.5 Å². The van der Waals surface area contributed by atoms with Crippen LogP contribution in [0.1, 0.15) is 11.1 Å². The summed E-state index contributed by atoms with van der Waals surface area (Å²) in [5.74, 6) is -0.347. The van der Waals surface area contributed by atoms with Crippen LogP contribution in [0.15, 0.2) is 36.7 Å². The van der Waals surface area contributed by atoms with E-state index in [-0.39, 0.29) is 11.8 Å². The Hall–Kier alpha value is -2.32. The van der Waals surface area contributed by atoms with Gasteiger partial charge in [0.15, 0.2) is 0 Å². The second-order valence-corrected chi connectivity index (χ2v) is 4.18. The van der Waals surface area contributed by atoms with Crippen LogP contribution < -0.4 is 5.32 Å². The van der Waals surface area contributed by atoms with E-state index in [9.17, 15) is 4.79 Å². The third-order valence-electron chi connectivity index (χ3n) is 2.47. The van der Waals surface area contributed by atoms with Crippen molar-refractivity contribution in [1.82, 2.24) is 9.78 Å². The number of amides is 1. The number of nitriles is 1. The summed E-state index contributed by atoms with van der Waals surface area (Å²) >= 11 is 5.40. The van der Waals surface area contributed by atoms with Crippen molar-refractivity contribution < 1.29 is 4.79 Å². The number of carbonyl (C=O) groups excluding carboxylic acids is 1. The number of anilines is 1. The zero-order valence-electron chi connectivity index (χ0n) is 10.0. The minimum Gasteiger partial charge on any atom is -0.322 e. The average molecular weight is 275 g/mol. The quantitative estimate of drug-likeness (QED) is 0.867. The van der Waals surface area contributed by atoms with Crippen LogP contribution in [0.4, 0.5) is 5.69 Å². The maximum absolute atomic E-state index is 11.1. The van der Waals surface area contributed by atoms with Crippen molar-refractivity contribution in [3.8, 4) is 6.07 Å². The van der Waals surface area contributed by atoms with E-state index in [0.29, 0.717) is 17.8 Å². The molecule has 0 aliphatic carbocycles. The first kappa shape index (κ1) is 13.1. The molecule has 0 bridgehead atoms. The van der Waals surface area contributed by atoms with Gasteiger partial charge >= 0.3 is 0 Å². The van der Waals surface area contributed by atoms with Crippen molar-refractivity contribution in [1.29, 1.82) is 5.26 Å². The van der Waals surface area contributed by atoms with Crippen molar-refractivity contribution in [2.75, 3.05) is 11.2 Å². The molecule has 0 unspecified atom stereocenters. The van der Waals surface area contributed by atoms with E-state index in [1.807, 2.05) is 12.1 Å². The van der Waals surface area contributed by atoms with Gasteiger partial charge in [0, 0.05) is 6.20 Å². The van der Waals surface area contributed by atoms with Crippen LogP contribution in [0.25, 0.3) is 0 Å². The van der Waals surface area contributed by atoms with Crippen molar-refractivity contribution in [3.63, 3.8) is 0 Å². The molecule has 6 heteroatoms. The number of nitrogens with zero attached hydrogens (tertiary/aromatic N) is 3. The summed E-state index contributed by atoms with van der Waals surface area (Å²) < 4.78 is 1.70. The lowest BCUT2D eigenvalue weighted by atomic mass is 10.1. The molecule has 19 heavy (non-hydrogen) atoms. The number of halogens is 1. The number of hydrogen-bond acceptors (Lipinski definition) is 3. The lowest BCUT2D eigenvalue weighted by molar-refractivity contribution is -0.113. The molecule has 1 amide bonds. The minimum atomic E-state index is -0.264. The first-order valence-corrected chi connectivity index (χ1v) is 6.12. The van der Waals surface area contributed by atoms with Crippen LogP contribution in [0.3, 0.4) is 0 Å². The number of carbonyl (C=O) groups is 1. The highest BCUT2D eigenvalue weighted by Crippen LogP contribution is 2.09. The van der Waals surface area contributed by atoms with Gasteiger partial charge in [-0.3, -0.25) is 9.48 Å². The lowest BCUT2D eigenvalue weighted by Gasteiger charge is -2.01. The van der Waals surface area contributed by atoms with Gasteiger partial charge in [-0.1, -0.05) is 12.1 Å². The van der Waals surface area contributed by atoms with E-state index in [1.165, 1.54) is 0 Å². The van der Waals surface area contributed by atoms with E-state index in [4.69, 9.17) is 16.9 Å². The first-order valence-electron chi connectivity index (χ1n) is 5.58. The maximum Gasteiger partial charge on any atom is 0.239 e. The van der Waals surface area contributed by atoms with E-state index >= 15 is 0 Å². The number of nitrogens with one attached hydrogen (secondary N) is 1. The fourth-order valence-electron chi connectivity index (χ4n) is 1.58. The van der Waals surface area contributed by atoms with Crippen molar-refractivity contribution >= 4 is 23.2 Å². The first-order chi connectivity index (χ1) is 9.21. The Bertz CT molecular complexity index is 612. The van der Waals surface area contributed by atoms with Crippen LogP contribution in [-0.2, 0) is 11.3 Å². The van der Waals surface area contributed by atoms with Crippen LogP contribution in [0.2, 0.25) is 0 Å². The molecule has 5 nitrogen and oxygen atoms in total. The summed E-state index contributed by atoms with van der Waals surface area (Å²) in [5.41, 5.74) is 2.26. The van der Waals surface area contributed by atoms with Gasteiger partial charge in [-0.2, -0.15) is 10.4 Å². The number of rotatable bonds is 4. The Kier molecular flexibility index (Phi) is 4.16. The van der Waals surface area contributed by atoms with Crippen LogP contribution in [-0.4, -0.2) is 21.6 Å². The summed E-state index contributed by atoms with van der Waals surface area (Å²) in [7, 11) is 0. The highest BCUT2D eigenvalue weighted by molar-refractivity contribution is 6.29. The average Bonchev–Trinajstić information content (AvgIpc) is 2.86. The molecular weight excluding hydrogens is 264 g/mol. The molecule has 2 aromatic rings. The van der Waals surface area contributed by atoms with Gasteiger partial charge in [0.05, 0.1) is 30.1 Å². The van der Waals surface area contributed by atoms with Gasteiger partial charge in [0.25, 0.3) is 0 Å². The molecule has 1 aromatic heterocycles. The van der Waals surface area contributed by atoms with Gasteiger partial charge in [-0.15, -0.1) is 11.6 Å². The summed E-state index contributed by atoms with van der Waals surface area (Å²) in [4.78, 5) is 11.1. The molecule has 0 spiro atoms. The van der Waals surface area contributed by atoms with Gasteiger partial charge in [-0.25, -0.2) is 0 Å². The largest absolute Gasteiger partial charge is 0.322 e. The van der Waals surface area contributed by atoms with Gasteiger partial charge < -0.3 is 5.32 Å². The zero-order valence-corrected chi connectivity index (χ0v) is 10.8. The fraction of sp³-hybridized carbons (Fsp3) is 0.154. The molecule has 0 atom stereocenters. The van der Waals surface area contributed by atoms with Crippen LogP contribution in [0.5, 0.6) is 0 Å². The van der Waals surface area contributed by atoms with Crippen molar-refractivity contribution in [2.24, 2.45) is 0 Å². The molecule has 0 saturated heterocycles. The second kappa shape index (κ2) is 6.03. The van der Waals surface area contributed by atoms with Crippen molar-refractivity contribution in [2.45, 2.75) is 6.54 Å². The molecule has 1 N–H and O–H groups in total. The van der Waals surface area contributed by atoms with Gasteiger partial charge in [0.2, 0.25) is 5.91 Å². The number of benzene rings is 1. The maximum atomic E-state index is 11.1. The van der Waals surface area contributed by atoms with Crippen molar-refractivity contribution in [3.05, 3.63) is 47.8 Å². The minimum absolute atomic E-state index is 0.0825. The topological polar surface area (TPSA) is 70.7 Å². The third-order valence-corrected chi connectivity index (χ3v) is 2.71. The Morgan fingerprint density at radius 2 is 2.16 bits per heavy atom. The van der Waals surface area contributed by atoms with E-state index < -0.39 is 0 Å². The predicted molar refractivity (Wildman–Crippen MR) is 71.8 cm³/mol. The van der Waals surface area contributed by atoms with Crippen LogP contribution >= 0.6 is 11.6 Å². The molecule has 0 saturated carbocycles. The second-order valence-electron chi connectivity index (χ2n) is 3.92. The highest BCUT2D eigenvalue weighted by Gasteiger charge is 2.03. The molecule has 1 heterocycles. The number of hydrogen-bond donors (Lipinski definition) is 1. The van der Waals surface area contributed by atoms with E-state index in [1.54, 1.807) is 29.2 Å². The molecule has 0 aliphatic rings. The Morgan fingerprint density at radius 1 is 1.42 bits per heavy atom. The molecule has 0 radical (unpaired) electrons. The van der Waals surface area contributed by atoms with Crippen LogP contribution in [0, 0.1) is 11.3 Å². The molecule has 0 fully saturated rings. The Balaban J connectivity index is 2.03. The molecule has 1 aromatic carbocycles. The lowest BCUT2D eigenvalue weighted by Crippen LogP contribution is -2.11. The molecule has 2 rings (SSSR count). The third kappa shape index (κ3) is 3.57. The number of aromatic nitrogens is 2. The van der Waals surface area contributed by atoms with E-state index in [0.717, 1.165) is 5.56 Å². The predicted octanol–water partition coefficient (Wildman–Crippen LogP) is 1.98. The highest BCUT2D eigenvalue weighted by atomic mass is 35.5. The Morgan fingerprint density at radius 3 is 2.79 bits per heavy atom. The summed E-state index contributed by atoms with van der Waals surface area (Å²) in [6.45, 7) is 0.572. The molecule has 0 aliphatic heterocycles. The summed E-state index contributed by atoms with van der Waals surface area (Å²) in [5, 5.41) is 15.5. The zero-order chi connectivity index (χ0) is 13.7. The fourth-order valence-corrected chi connectivity index (χ4v) is 1.65. The summed E-state index contributed by atoms with van der Waals surface area (Å²) in [6, 6.07) is 9.33. The SMILES string of the molecule is N#Cc1ccc(Cn2cc(NC(=O)CCl)cn2)cc1. The van der Waals surface area contributed by atoms with Gasteiger partial charge in [-0.05, 0) is 17.7 Å². The normalized spacial score (nSPS) is 9.89. The summed E-state index contributed by atoms with van der Waals surface area (Å²) in [6.07, 6.45) is 3.29. The number of alkyl halides is 1. The smallest absolute Gasteiger partial charge is 0.239 e.